The molecule has 0 aromatic rings. The summed E-state index contributed by atoms with van der Waals surface area (Å²) in [6, 6.07) is 0. The first kappa shape index (κ1) is 9.75. The summed E-state index contributed by atoms with van der Waals surface area (Å²) < 4.78 is 0. The Kier molecular flexibility index (Phi) is 3.76. The molecule has 0 amide bonds. The number of likely N-dealkylation sites (tertiary alicyclic amines) is 1. The number of hydrogen-bond acceptors (Lipinski definition) is 2. The van der Waals surface area contributed by atoms with Gasteiger partial charge in [-0.3, -0.25) is 0 Å². The van der Waals surface area contributed by atoms with Crippen LogP contribution in [0.5, 0.6) is 0 Å². The summed E-state index contributed by atoms with van der Waals surface area (Å²) in [5, 5.41) is 0. The Morgan fingerprint density at radius 1 is 1.67 bits per heavy atom. The van der Waals surface area contributed by atoms with Gasteiger partial charge in [0.05, 0.1) is 0 Å². The third kappa shape index (κ3) is 2.32. The molecule has 2 nitrogen and oxygen atoms in total. The summed E-state index contributed by atoms with van der Waals surface area (Å²) in [5.41, 5.74) is 6.84. The van der Waals surface area contributed by atoms with Gasteiger partial charge in [-0.2, -0.15) is 0 Å². The summed E-state index contributed by atoms with van der Waals surface area (Å²) in [5.74, 6) is 0.716. The van der Waals surface area contributed by atoms with Crippen molar-refractivity contribution >= 4 is 0 Å². The molecule has 1 fully saturated rings. The SMILES string of the molecule is C=C(CCN)C1CCN(CC)C1. The van der Waals surface area contributed by atoms with Crippen molar-refractivity contribution in [1.82, 2.24) is 4.90 Å². The second-order valence-corrected chi connectivity index (χ2v) is 3.58. The second kappa shape index (κ2) is 4.63. The number of hydrogen-bond donors (Lipinski definition) is 1. The van der Waals surface area contributed by atoms with Gasteiger partial charge >= 0.3 is 0 Å². The van der Waals surface area contributed by atoms with Gasteiger partial charge in [0.2, 0.25) is 0 Å². The maximum absolute atomic E-state index is 5.49. The van der Waals surface area contributed by atoms with E-state index in [4.69, 9.17) is 5.73 Å². The van der Waals surface area contributed by atoms with Gasteiger partial charge in [-0.05, 0) is 38.4 Å². The average molecular weight is 168 g/mol. The molecule has 0 radical (unpaired) electrons. The van der Waals surface area contributed by atoms with Crippen LogP contribution in [0.1, 0.15) is 19.8 Å². The van der Waals surface area contributed by atoms with Crippen molar-refractivity contribution in [3.05, 3.63) is 12.2 Å². The molecule has 0 aliphatic carbocycles. The smallest absolute Gasteiger partial charge is 0.00473 e. The Labute approximate surface area is 75.4 Å². The Hall–Kier alpha value is -0.340. The van der Waals surface area contributed by atoms with Gasteiger partial charge in [0, 0.05) is 6.54 Å². The van der Waals surface area contributed by atoms with Crippen LogP contribution >= 0.6 is 0 Å². The Balaban J connectivity index is 2.31. The fourth-order valence-corrected chi connectivity index (χ4v) is 1.84. The van der Waals surface area contributed by atoms with E-state index in [-0.39, 0.29) is 0 Å². The van der Waals surface area contributed by atoms with Crippen molar-refractivity contribution in [2.45, 2.75) is 19.8 Å². The Morgan fingerprint density at radius 3 is 2.92 bits per heavy atom. The van der Waals surface area contributed by atoms with E-state index in [0.717, 1.165) is 13.0 Å². The minimum atomic E-state index is 0.716. The predicted octanol–water partition coefficient (Wildman–Crippen LogP) is 1.23. The number of rotatable bonds is 4. The highest BCUT2D eigenvalue weighted by Gasteiger charge is 2.22. The molecule has 70 valence electrons. The molecular formula is C10H20N2. The maximum Gasteiger partial charge on any atom is 0.00473 e. The average Bonchev–Trinajstić information content (AvgIpc) is 2.52. The zero-order chi connectivity index (χ0) is 8.97. The van der Waals surface area contributed by atoms with Crippen LogP contribution in [0.25, 0.3) is 0 Å². The summed E-state index contributed by atoms with van der Waals surface area (Å²) in [7, 11) is 0. The van der Waals surface area contributed by atoms with Crippen LogP contribution in [-0.4, -0.2) is 31.1 Å². The van der Waals surface area contributed by atoms with Crippen molar-refractivity contribution < 1.29 is 0 Å². The van der Waals surface area contributed by atoms with Crippen molar-refractivity contribution in [3.8, 4) is 0 Å². The Morgan fingerprint density at radius 2 is 2.42 bits per heavy atom. The molecule has 2 heteroatoms. The van der Waals surface area contributed by atoms with E-state index < -0.39 is 0 Å². The molecule has 1 rings (SSSR count). The lowest BCUT2D eigenvalue weighted by atomic mass is 9.97. The third-order valence-corrected chi connectivity index (χ3v) is 2.76. The van der Waals surface area contributed by atoms with Crippen molar-refractivity contribution in [2.24, 2.45) is 11.7 Å². The lowest BCUT2D eigenvalue weighted by Gasteiger charge is -2.14. The lowest BCUT2D eigenvalue weighted by Crippen LogP contribution is -2.20. The van der Waals surface area contributed by atoms with Crippen LogP contribution in [0.3, 0.4) is 0 Å². The molecule has 12 heavy (non-hydrogen) atoms. The first-order chi connectivity index (χ1) is 5.77. The van der Waals surface area contributed by atoms with Gasteiger partial charge in [0.25, 0.3) is 0 Å². The standard InChI is InChI=1S/C10H20N2/c1-3-12-7-5-10(8-12)9(2)4-6-11/h10H,2-8,11H2,1H3. The van der Waals surface area contributed by atoms with Crippen molar-refractivity contribution in [3.63, 3.8) is 0 Å². The predicted molar refractivity (Wildman–Crippen MR) is 53.0 cm³/mol. The topological polar surface area (TPSA) is 29.3 Å². The summed E-state index contributed by atoms with van der Waals surface area (Å²) >= 11 is 0. The molecule has 1 aliphatic heterocycles. The molecule has 1 unspecified atom stereocenters. The molecule has 1 aliphatic rings. The van der Waals surface area contributed by atoms with Crippen LogP contribution in [0.4, 0.5) is 0 Å². The highest BCUT2D eigenvalue weighted by atomic mass is 15.1. The quantitative estimate of drug-likeness (QED) is 0.640. The van der Waals surface area contributed by atoms with E-state index in [1.54, 1.807) is 0 Å². The highest BCUT2D eigenvalue weighted by molar-refractivity contribution is 5.04. The normalized spacial score (nSPS) is 24.7. The van der Waals surface area contributed by atoms with E-state index in [0.29, 0.717) is 5.92 Å². The van der Waals surface area contributed by atoms with E-state index in [9.17, 15) is 0 Å². The molecule has 0 spiro atoms. The number of nitrogens with two attached hydrogens (primary N) is 1. The first-order valence-electron chi connectivity index (χ1n) is 4.88. The van der Waals surface area contributed by atoms with Crippen LogP contribution in [0.2, 0.25) is 0 Å². The molecule has 0 aromatic heterocycles. The second-order valence-electron chi connectivity index (χ2n) is 3.58. The van der Waals surface area contributed by atoms with Gasteiger partial charge < -0.3 is 10.6 Å². The van der Waals surface area contributed by atoms with Crippen molar-refractivity contribution in [1.29, 1.82) is 0 Å². The van der Waals surface area contributed by atoms with Gasteiger partial charge in [0.15, 0.2) is 0 Å². The summed E-state index contributed by atoms with van der Waals surface area (Å²) in [4.78, 5) is 2.48. The molecule has 0 bridgehead atoms. The summed E-state index contributed by atoms with van der Waals surface area (Å²) in [6.07, 6.45) is 2.29. The molecule has 0 saturated carbocycles. The van der Waals surface area contributed by atoms with Crippen LogP contribution in [0, 0.1) is 5.92 Å². The zero-order valence-electron chi connectivity index (χ0n) is 8.05. The largest absolute Gasteiger partial charge is 0.330 e. The van der Waals surface area contributed by atoms with Gasteiger partial charge in [-0.25, -0.2) is 0 Å². The molecule has 1 heterocycles. The Bertz CT molecular complexity index is 154. The molecule has 1 saturated heterocycles. The fraction of sp³-hybridized carbons (Fsp3) is 0.800. The van der Waals surface area contributed by atoms with Gasteiger partial charge in [0.1, 0.15) is 0 Å². The number of nitrogens with zero attached hydrogens (tertiary/aromatic N) is 1. The summed E-state index contributed by atoms with van der Waals surface area (Å²) in [6.45, 7) is 10.7. The van der Waals surface area contributed by atoms with E-state index in [1.165, 1.54) is 31.6 Å². The maximum atomic E-state index is 5.49. The van der Waals surface area contributed by atoms with E-state index in [2.05, 4.69) is 18.4 Å². The highest BCUT2D eigenvalue weighted by Crippen LogP contribution is 2.23. The minimum Gasteiger partial charge on any atom is -0.330 e. The molecular weight excluding hydrogens is 148 g/mol. The van der Waals surface area contributed by atoms with E-state index >= 15 is 0 Å². The first-order valence-corrected chi connectivity index (χ1v) is 4.88. The van der Waals surface area contributed by atoms with Crippen LogP contribution < -0.4 is 5.73 Å². The van der Waals surface area contributed by atoms with Crippen LogP contribution in [-0.2, 0) is 0 Å². The fourth-order valence-electron chi connectivity index (χ4n) is 1.84. The van der Waals surface area contributed by atoms with Crippen LogP contribution in [0.15, 0.2) is 12.2 Å². The molecule has 1 atom stereocenters. The van der Waals surface area contributed by atoms with E-state index in [1.807, 2.05) is 0 Å². The third-order valence-electron chi connectivity index (χ3n) is 2.76. The monoisotopic (exact) mass is 168 g/mol. The lowest BCUT2D eigenvalue weighted by molar-refractivity contribution is 0.348. The molecule has 0 aromatic carbocycles. The zero-order valence-corrected chi connectivity index (χ0v) is 8.05. The van der Waals surface area contributed by atoms with Gasteiger partial charge in [-0.15, -0.1) is 0 Å². The minimum absolute atomic E-state index is 0.716. The van der Waals surface area contributed by atoms with Gasteiger partial charge in [-0.1, -0.05) is 19.1 Å². The van der Waals surface area contributed by atoms with Crippen molar-refractivity contribution in [2.75, 3.05) is 26.2 Å². The molecule has 2 N–H and O–H groups in total.